The van der Waals surface area contributed by atoms with Gasteiger partial charge in [0.1, 0.15) is 4.90 Å². The number of nitro benzene ring substituents is 1. The van der Waals surface area contributed by atoms with E-state index in [1.807, 2.05) is 0 Å². The van der Waals surface area contributed by atoms with Gasteiger partial charge in [0.05, 0.1) is 25.2 Å². The van der Waals surface area contributed by atoms with Crippen molar-refractivity contribution < 1.29 is 22.8 Å². The molecule has 1 fully saturated rings. The molecule has 1 aliphatic rings. The minimum Gasteiger partial charge on any atom is -0.489 e. The SMILES string of the molecule is COc1c([N+](=O)[O-])cc(Br)cc1S(=O)(=O)N1CCOCC1. The summed E-state index contributed by atoms with van der Waals surface area (Å²) in [5.74, 6) is -0.269. The minimum absolute atomic E-state index is 0.200. The molecule has 0 amide bonds. The standard InChI is InChI=1S/C11H13BrN2O6S/c1-19-11-9(14(15)16)6-8(12)7-10(11)21(17,18)13-2-4-20-5-3-13/h6-7H,2-5H2,1H3. The molecule has 1 aliphatic heterocycles. The summed E-state index contributed by atoms with van der Waals surface area (Å²) in [5.41, 5.74) is -0.404. The van der Waals surface area contributed by atoms with Gasteiger partial charge in [-0.05, 0) is 6.07 Å². The van der Waals surface area contributed by atoms with E-state index in [1.54, 1.807) is 0 Å². The highest BCUT2D eigenvalue weighted by molar-refractivity contribution is 9.10. The molecule has 0 unspecified atom stereocenters. The zero-order valence-electron chi connectivity index (χ0n) is 11.1. The van der Waals surface area contributed by atoms with Crippen LogP contribution in [-0.4, -0.2) is 51.1 Å². The number of ether oxygens (including phenoxy) is 2. The van der Waals surface area contributed by atoms with Crippen LogP contribution in [0.2, 0.25) is 0 Å². The first kappa shape index (κ1) is 16.1. The van der Waals surface area contributed by atoms with Crippen LogP contribution < -0.4 is 4.74 Å². The summed E-state index contributed by atoms with van der Waals surface area (Å²) in [6, 6.07) is 2.51. The van der Waals surface area contributed by atoms with Crippen molar-refractivity contribution in [1.82, 2.24) is 4.31 Å². The molecule has 1 saturated heterocycles. The van der Waals surface area contributed by atoms with Gasteiger partial charge in [-0.15, -0.1) is 0 Å². The number of halogens is 1. The van der Waals surface area contributed by atoms with Crippen LogP contribution in [-0.2, 0) is 14.8 Å². The number of benzene rings is 1. The Morgan fingerprint density at radius 3 is 2.52 bits per heavy atom. The first-order valence-electron chi connectivity index (χ1n) is 5.97. The van der Waals surface area contributed by atoms with Crippen LogP contribution in [0.5, 0.6) is 5.75 Å². The molecule has 2 rings (SSSR count). The number of hydrogen-bond acceptors (Lipinski definition) is 6. The second-order valence-corrected chi connectivity index (χ2v) is 7.05. The molecule has 1 heterocycles. The van der Waals surface area contributed by atoms with Crippen molar-refractivity contribution in [3.63, 3.8) is 0 Å². The van der Waals surface area contributed by atoms with Crippen LogP contribution in [0.3, 0.4) is 0 Å². The molecule has 0 radical (unpaired) electrons. The fourth-order valence-corrected chi connectivity index (χ4v) is 4.22. The Morgan fingerprint density at radius 2 is 2.00 bits per heavy atom. The molecule has 0 bridgehead atoms. The molecule has 0 atom stereocenters. The largest absolute Gasteiger partial charge is 0.489 e. The van der Waals surface area contributed by atoms with Crippen molar-refractivity contribution in [2.45, 2.75) is 4.90 Å². The molecule has 0 saturated carbocycles. The number of nitrogens with zero attached hydrogens (tertiary/aromatic N) is 2. The van der Waals surface area contributed by atoms with Gasteiger partial charge in [0.2, 0.25) is 15.8 Å². The van der Waals surface area contributed by atoms with Gasteiger partial charge in [0, 0.05) is 23.6 Å². The number of morpholine rings is 1. The van der Waals surface area contributed by atoms with E-state index in [2.05, 4.69) is 15.9 Å². The normalized spacial score (nSPS) is 16.7. The second-order valence-electron chi connectivity index (χ2n) is 4.23. The fourth-order valence-electron chi connectivity index (χ4n) is 2.01. The average Bonchev–Trinajstić information content (AvgIpc) is 2.47. The Labute approximate surface area is 130 Å². The zero-order valence-corrected chi connectivity index (χ0v) is 13.5. The summed E-state index contributed by atoms with van der Waals surface area (Å²) in [6.45, 7) is 0.979. The summed E-state index contributed by atoms with van der Waals surface area (Å²) < 4.78 is 36.9. The van der Waals surface area contributed by atoms with Gasteiger partial charge >= 0.3 is 5.69 Å². The topological polar surface area (TPSA) is 99.0 Å². The number of nitro groups is 1. The van der Waals surface area contributed by atoms with Gasteiger partial charge in [0.15, 0.2) is 0 Å². The third-order valence-electron chi connectivity index (χ3n) is 2.99. The van der Waals surface area contributed by atoms with E-state index < -0.39 is 20.6 Å². The van der Waals surface area contributed by atoms with Crippen molar-refractivity contribution in [2.75, 3.05) is 33.4 Å². The Morgan fingerprint density at radius 1 is 1.38 bits per heavy atom. The fraction of sp³-hybridized carbons (Fsp3) is 0.455. The van der Waals surface area contributed by atoms with Crippen LogP contribution in [0.4, 0.5) is 5.69 Å². The van der Waals surface area contributed by atoms with Crippen molar-refractivity contribution in [1.29, 1.82) is 0 Å². The molecule has 1 aromatic rings. The molecular weight excluding hydrogens is 368 g/mol. The van der Waals surface area contributed by atoms with E-state index in [0.717, 1.165) is 0 Å². The number of methoxy groups -OCH3 is 1. The van der Waals surface area contributed by atoms with Crippen LogP contribution in [0.1, 0.15) is 0 Å². The molecule has 21 heavy (non-hydrogen) atoms. The predicted molar refractivity (Wildman–Crippen MR) is 76.9 cm³/mol. The molecule has 1 aromatic carbocycles. The first-order chi connectivity index (χ1) is 9.87. The lowest BCUT2D eigenvalue weighted by Crippen LogP contribution is -2.40. The van der Waals surface area contributed by atoms with Crippen molar-refractivity contribution in [2.24, 2.45) is 0 Å². The molecule has 10 heteroatoms. The van der Waals surface area contributed by atoms with Crippen molar-refractivity contribution >= 4 is 31.6 Å². The van der Waals surface area contributed by atoms with E-state index in [0.29, 0.717) is 4.47 Å². The van der Waals surface area contributed by atoms with E-state index in [-0.39, 0.29) is 36.9 Å². The second kappa shape index (κ2) is 6.26. The molecule has 0 aromatic heterocycles. The highest BCUT2D eigenvalue weighted by Crippen LogP contribution is 2.38. The van der Waals surface area contributed by atoms with E-state index in [4.69, 9.17) is 9.47 Å². The maximum absolute atomic E-state index is 12.6. The highest BCUT2D eigenvalue weighted by Gasteiger charge is 2.33. The maximum Gasteiger partial charge on any atom is 0.313 e. The summed E-state index contributed by atoms with van der Waals surface area (Å²) in [7, 11) is -2.69. The van der Waals surface area contributed by atoms with Gasteiger partial charge in [-0.1, -0.05) is 15.9 Å². The molecule has 0 spiro atoms. The highest BCUT2D eigenvalue weighted by atomic mass is 79.9. The van der Waals surface area contributed by atoms with Gasteiger partial charge in [0.25, 0.3) is 0 Å². The minimum atomic E-state index is -3.89. The van der Waals surface area contributed by atoms with Crippen LogP contribution in [0.25, 0.3) is 0 Å². The van der Waals surface area contributed by atoms with Crippen LogP contribution in [0.15, 0.2) is 21.5 Å². The third-order valence-corrected chi connectivity index (χ3v) is 5.35. The quantitative estimate of drug-likeness (QED) is 0.577. The lowest BCUT2D eigenvalue weighted by atomic mass is 10.3. The molecule has 8 nitrogen and oxygen atoms in total. The summed E-state index contributed by atoms with van der Waals surface area (Å²) in [5, 5.41) is 11.1. The van der Waals surface area contributed by atoms with Gasteiger partial charge < -0.3 is 9.47 Å². The number of sulfonamides is 1. The monoisotopic (exact) mass is 380 g/mol. The van der Waals surface area contributed by atoms with Crippen molar-refractivity contribution in [3.05, 3.63) is 26.7 Å². The van der Waals surface area contributed by atoms with Gasteiger partial charge in [-0.3, -0.25) is 10.1 Å². The summed E-state index contributed by atoms with van der Waals surface area (Å²) in [4.78, 5) is 10.2. The van der Waals surface area contributed by atoms with Gasteiger partial charge in [-0.25, -0.2) is 8.42 Å². The van der Waals surface area contributed by atoms with Crippen molar-refractivity contribution in [3.8, 4) is 5.75 Å². The first-order valence-corrected chi connectivity index (χ1v) is 8.21. The Balaban J connectivity index is 2.59. The average molecular weight is 381 g/mol. The van der Waals surface area contributed by atoms with Crippen LogP contribution >= 0.6 is 15.9 Å². The maximum atomic E-state index is 12.6. The van der Waals surface area contributed by atoms with E-state index in [9.17, 15) is 18.5 Å². The zero-order chi connectivity index (χ0) is 15.6. The Kier molecular flexibility index (Phi) is 4.81. The Hall–Kier alpha value is -1.23. The number of rotatable bonds is 4. The Bertz CT molecular complexity index is 657. The molecular formula is C11H13BrN2O6S. The van der Waals surface area contributed by atoms with Gasteiger partial charge in [-0.2, -0.15) is 4.31 Å². The molecule has 116 valence electrons. The lowest BCUT2D eigenvalue weighted by molar-refractivity contribution is -0.386. The van der Waals surface area contributed by atoms with E-state index in [1.165, 1.54) is 23.5 Å². The number of hydrogen-bond donors (Lipinski definition) is 0. The summed E-state index contributed by atoms with van der Waals surface area (Å²) >= 11 is 3.09. The lowest BCUT2D eigenvalue weighted by Gasteiger charge is -2.26. The van der Waals surface area contributed by atoms with Crippen LogP contribution in [0, 0.1) is 10.1 Å². The third kappa shape index (κ3) is 3.18. The summed E-state index contributed by atoms with van der Waals surface area (Å²) in [6.07, 6.45) is 0. The molecule has 0 N–H and O–H groups in total. The smallest absolute Gasteiger partial charge is 0.313 e. The van der Waals surface area contributed by atoms with E-state index >= 15 is 0 Å². The molecule has 0 aliphatic carbocycles. The predicted octanol–water partition coefficient (Wildman–Crippen LogP) is 1.39.